The Morgan fingerprint density at radius 2 is 1.43 bits per heavy atom. The minimum Gasteiger partial charge on any atom is -0.505 e. The first-order chi connectivity index (χ1) is 5.82. The van der Waals surface area contributed by atoms with Crippen molar-refractivity contribution in [1.82, 2.24) is 0 Å². The number of phenols is 1. The zero-order chi connectivity index (χ0) is 10.2. The third-order valence-corrected chi connectivity index (χ3v) is 2.46. The minimum atomic E-state index is -0.0451. The molecule has 0 atom stereocenters. The SMILES string of the molecule is CC(C)(C)c1cc(Cl)c(O)c(Cl)c1.[Ti]. The van der Waals surface area contributed by atoms with Crippen molar-refractivity contribution < 1.29 is 26.8 Å². The van der Waals surface area contributed by atoms with Crippen molar-refractivity contribution in [3.8, 4) is 5.75 Å². The van der Waals surface area contributed by atoms with Crippen molar-refractivity contribution in [2.45, 2.75) is 26.2 Å². The van der Waals surface area contributed by atoms with Crippen molar-refractivity contribution in [1.29, 1.82) is 0 Å². The Morgan fingerprint density at radius 1 is 1.07 bits per heavy atom. The van der Waals surface area contributed by atoms with Gasteiger partial charge in [-0.05, 0) is 23.1 Å². The van der Waals surface area contributed by atoms with E-state index in [9.17, 15) is 5.11 Å². The molecule has 1 aromatic carbocycles. The van der Waals surface area contributed by atoms with Crippen molar-refractivity contribution in [2.75, 3.05) is 0 Å². The molecular weight excluding hydrogens is 255 g/mol. The van der Waals surface area contributed by atoms with Gasteiger partial charge in [0.25, 0.3) is 0 Å². The number of hydrogen-bond donors (Lipinski definition) is 1. The molecule has 1 rings (SSSR count). The molecule has 1 N–H and O–H groups in total. The van der Waals surface area contributed by atoms with E-state index in [2.05, 4.69) is 20.8 Å². The quantitative estimate of drug-likeness (QED) is 0.704. The monoisotopic (exact) mass is 266 g/mol. The summed E-state index contributed by atoms with van der Waals surface area (Å²) in [4.78, 5) is 0. The van der Waals surface area contributed by atoms with E-state index < -0.39 is 0 Å². The molecule has 0 aliphatic heterocycles. The molecule has 0 saturated carbocycles. The van der Waals surface area contributed by atoms with Crippen molar-refractivity contribution in [3.63, 3.8) is 0 Å². The van der Waals surface area contributed by atoms with E-state index in [4.69, 9.17) is 23.2 Å². The Balaban J connectivity index is 0.00000169. The van der Waals surface area contributed by atoms with E-state index in [1.165, 1.54) is 0 Å². The number of rotatable bonds is 0. The Labute approximate surface area is 109 Å². The van der Waals surface area contributed by atoms with Gasteiger partial charge in [-0.3, -0.25) is 0 Å². The number of hydrogen-bond acceptors (Lipinski definition) is 1. The van der Waals surface area contributed by atoms with E-state index in [1.807, 2.05) is 0 Å². The van der Waals surface area contributed by atoms with Crippen LogP contribution in [0.5, 0.6) is 5.75 Å². The van der Waals surface area contributed by atoms with Crippen LogP contribution in [0, 0.1) is 0 Å². The molecule has 14 heavy (non-hydrogen) atoms. The van der Waals surface area contributed by atoms with Gasteiger partial charge in [0.2, 0.25) is 0 Å². The molecule has 0 aliphatic rings. The molecule has 0 spiro atoms. The maximum absolute atomic E-state index is 9.33. The summed E-state index contributed by atoms with van der Waals surface area (Å²) in [6, 6.07) is 3.48. The third kappa shape index (κ3) is 3.17. The van der Waals surface area contributed by atoms with Crippen LogP contribution < -0.4 is 0 Å². The minimum absolute atomic E-state index is 0. The molecule has 4 heteroatoms. The zero-order valence-corrected chi connectivity index (χ0v) is 11.4. The van der Waals surface area contributed by atoms with Gasteiger partial charge in [-0.1, -0.05) is 44.0 Å². The number of phenolic OH excluding ortho intramolecular Hbond substituents is 1. The van der Waals surface area contributed by atoms with Crippen LogP contribution in [-0.2, 0) is 27.1 Å². The molecule has 0 unspecified atom stereocenters. The largest absolute Gasteiger partial charge is 0.505 e. The summed E-state index contributed by atoms with van der Waals surface area (Å²) in [5, 5.41) is 9.94. The number of halogens is 2. The van der Waals surface area contributed by atoms with Crippen LogP contribution in [0.3, 0.4) is 0 Å². The molecule has 0 heterocycles. The van der Waals surface area contributed by atoms with Crippen LogP contribution in [0.15, 0.2) is 12.1 Å². The molecule has 1 aromatic rings. The first-order valence-corrected chi connectivity index (χ1v) is 4.76. The molecule has 0 saturated heterocycles. The van der Waals surface area contributed by atoms with E-state index in [0.29, 0.717) is 10.0 Å². The summed E-state index contributed by atoms with van der Waals surface area (Å²) in [6.07, 6.45) is 0. The van der Waals surface area contributed by atoms with Crippen LogP contribution in [0.2, 0.25) is 10.0 Å². The fourth-order valence-corrected chi connectivity index (χ4v) is 1.49. The Kier molecular flexibility index (Phi) is 5.00. The van der Waals surface area contributed by atoms with Crippen LogP contribution in [-0.4, -0.2) is 5.11 Å². The summed E-state index contributed by atoms with van der Waals surface area (Å²) in [6.45, 7) is 6.18. The van der Waals surface area contributed by atoms with Gasteiger partial charge in [-0.25, -0.2) is 0 Å². The molecule has 0 fully saturated rings. The number of aromatic hydroxyl groups is 1. The summed E-state index contributed by atoms with van der Waals surface area (Å²) < 4.78 is 0. The Bertz CT molecular complexity index is 308. The molecule has 0 aliphatic carbocycles. The standard InChI is InChI=1S/C10H12Cl2O.Ti/c1-10(2,3)6-4-7(11)9(13)8(12)5-6;/h4-5,13H,1-3H3;. The topological polar surface area (TPSA) is 20.2 Å². The van der Waals surface area contributed by atoms with Gasteiger partial charge in [-0.2, -0.15) is 0 Å². The van der Waals surface area contributed by atoms with Crippen LogP contribution in [0.1, 0.15) is 26.3 Å². The molecule has 0 amide bonds. The smallest absolute Gasteiger partial charge is 0.152 e. The predicted molar refractivity (Wildman–Crippen MR) is 56.8 cm³/mol. The summed E-state index contributed by atoms with van der Waals surface area (Å²) in [7, 11) is 0. The molecule has 76 valence electrons. The zero-order valence-electron chi connectivity index (χ0n) is 8.36. The van der Waals surface area contributed by atoms with Crippen molar-refractivity contribution >= 4 is 23.2 Å². The average Bonchev–Trinajstić information content (AvgIpc) is 1.97. The maximum Gasteiger partial charge on any atom is 0.152 e. The second-order valence-corrected chi connectivity index (χ2v) is 4.85. The molecule has 0 bridgehead atoms. The molecule has 0 aromatic heterocycles. The Morgan fingerprint density at radius 3 is 1.71 bits per heavy atom. The maximum atomic E-state index is 9.33. The first-order valence-electron chi connectivity index (χ1n) is 4.01. The van der Waals surface area contributed by atoms with Gasteiger partial charge >= 0.3 is 0 Å². The second-order valence-electron chi connectivity index (χ2n) is 4.04. The summed E-state index contributed by atoms with van der Waals surface area (Å²) in [5.74, 6) is -0.0451. The summed E-state index contributed by atoms with van der Waals surface area (Å²) >= 11 is 11.6. The van der Waals surface area contributed by atoms with Crippen molar-refractivity contribution in [2.24, 2.45) is 0 Å². The van der Waals surface area contributed by atoms with E-state index in [-0.39, 0.29) is 32.9 Å². The van der Waals surface area contributed by atoms with Gasteiger partial charge in [0.15, 0.2) is 5.75 Å². The fourth-order valence-electron chi connectivity index (χ4n) is 0.999. The Hall–Kier alpha value is 0.314. The fraction of sp³-hybridized carbons (Fsp3) is 0.400. The number of benzene rings is 1. The van der Waals surface area contributed by atoms with Gasteiger partial charge < -0.3 is 5.11 Å². The first kappa shape index (κ1) is 14.3. The normalized spacial score (nSPS) is 10.9. The van der Waals surface area contributed by atoms with Gasteiger partial charge in [0, 0.05) is 21.7 Å². The average molecular weight is 267 g/mol. The third-order valence-electron chi connectivity index (χ3n) is 1.88. The van der Waals surface area contributed by atoms with Gasteiger partial charge in [-0.15, -0.1) is 0 Å². The van der Waals surface area contributed by atoms with Gasteiger partial charge in [0.05, 0.1) is 10.0 Å². The van der Waals surface area contributed by atoms with E-state index in [0.717, 1.165) is 5.56 Å². The molecular formula is C10H12Cl2OTi. The van der Waals surface area contributed by atoms with Crippen LogP contribution >= 0.6 is 23.2 Å². The second kappa shape index (κ2) is 4.89. The predicted octanol–water partition coefficient (Wildman–Crippen LogP) is 3.99. The van der Waals surface area contributed by atoms with Crippen molar-refractivity contribution in [3.05, 3.63) is 27.7 Å². The van der Waals surface area contributed by atoms with Crippen LogP contribution in [0.25, 0.3) is 0 Å². The van der Waals surface area contributed by atoms with Gasteiger partial charge in [0.1, 0.15) is 0 Å². The molecule has 0 radical (unpaired) electrons. The van der Waals surface area contributed by atoms with E-state index >= 15 is 0 Å². The van der Waals surface area contributed by atoms with E-state index in [1.54, 1.807) is 12.1 Å². The molecule has 1 nitrogen and oxygen atoms in total. The summed E-state index contributed by atoms with van der Waals surface area (Å²) in [5.41, 5.74) is 1.00. The van der Waals surface area contributed by atoms with Crippen LogP contribution in [0.4, 0.5) is 0 Å².